The first-order valence-electron chi connectivity index (χ1n) is 8.11. The quantitative estimate of drug-likeness (QED) is 0.682. The van der Waals surface area contributed by atoms with Crippen LogP contribution >= 0.6 is 0 Å². The van der Waals surface area contributed by atoms with Gasteiger partial charge in [0.1, 0.15) is 5.82 Å². The lowest BCUT2D eigenvalue weighted by Crippen LogP contribution is -2.37. The minimum atomic E-state index is -0.279. The van der Waals surface area contributed by atoms with Crippen LogP contribution < -0.4 is 0 Å². The third-order valence-corrected chi connectivity index (χ3v) is 5.20. The van der Waals surface area contributed by atoms with E-state index in [9.17, 15) is 9.18 Å². The molecule has 4 heterocycles. The Balaban J connectivity index is 1.68. The molecule has 5 nitrogen and oxygen atoms in total. The molecule has 1 aromatic carbocycles. The highest BCUT2D eigenvalue weighted by atomic mass is 19.1. The summed E-state index contributed by atoms with van der Waals surface area (Å²) in [6, 6.07) is 8.65. The summed E-state index contributed by atoms with van der Waals surface area (Å²) in [7, 11) is 0. The molecule has 1 fully saturated rings. The fraction of sp³-hybridized carbons (Fsp3) is 0.278. The van der Waals surface area contributed by atoms with Gasteiger partial charge in [0.2, 0.25) is 6.41 Å². The molecule has 120 valence electrons. The average Bonchev–Trinajstić information content (AvgIpc) is 3.15. The molecule has 2 bridgehead atoms. The summed E-state index contributed by atoms with van der Waals surface area (Å²) in [4.78, 5) is 17.8. The van der Waals surface area contributed by atoms with Crippen molar-refractivity contribution < 1.29 is 9.18 Å². The predicted molar refractivity (Wildman–Crippen MR) is 85.8 cm³/mol. The molecule has 1 saturated heterocycles. The summed E-state index contributed by atoms with van der Waals surface area (Å²) in [5, 5.41) is 4.67. The lowest BCUT2D eigenvalue weighted by atomic mass is 10.00. The zero-order valence-electron chi connectivity index (χ0n) is 12.9. The highest BCUT2D eigenvalue weighted by molar-refractivity contribution is 5.64. The monoisotopic (exact) mass is 322 g/mol. The van der Waals surface area contributed by atoms with E-state index in [0.29, 0.717) is 5.69 Å². The minimum absolute atomic E-state index is 0.106. The summed E-state index contributed by atoms with van der Waals surface area (Å²) in [6.07, 6.45) is 5.59. The molecule has 5 rings (SSSR count). The second kappa shape index (κ2) is 4.87. The van der Waals surface area contributed by atoms with Crippen molar-refractivity contribution in [3.05, 3.63) is 53.6 Å². The Morgan fingerprint density at radius 2 is 2.17 bits per heavy atom. The van der Waals surface area contributed by atoms with Gasteiger partial charge in [0.15, 0.2) is 5.65 Å². The maximum absolute atomic E-state index is 13.5. The Labute approximate surface area is 137 Å². The van der Waals surface area contributed by atoms with Crippen molar-refractivity contribution in [3.8, 4) is 11.3 Å². The zero-order valence-corrected chi connectivity index (χ0v) is 12.9. The van der Waals surface area contributed by atoms with Crippen LogP contribution in [0.3, 0.4) is 0 Å². The summed E-state index contributed by atoms with van der Waals surface area (Å²) >= 11 is 0. The minimum Gasteiger partial charge on any atom is -0.335 e. The Hall–Kier alpha value is -2.76. The zero-order chi connectivity index (χ0) is 16.3. The molecule has 0 saturated carbocycles. The first-order valence-corrected chi connectivity index (χ1v) is 8.11. The lowest BCUT2D eigenvalue weighted by molar-refractivity contribution is -0.121. The third kappa shape index (κ3) is 1.82. The molecule has 0 spiro atoms. The van der Waals surface area contributed by atoms with Crippen molar-refractivity contribution in [3.63, 3.8) is 0 Å². The van der Waals surface area contributed by atoms with Crippen LogP contribution in [0.1, 0.15) is 30.1 Å². The van der Waals surface area contributed by atoms with E-state index in [-0.39, 0.29) is 17.9 Å². The van der Waals surface area contributed by atoms with Crippen molar-refractivity contribution in [2.45, 2.75) is 31.3 Å². The number of halogens is 1. The number of aromatic nitrogens is 3. The van der Waals surface area contributed by atoms with Gasteiger partial charge in [-0.15, -0.1) is 0 Å². The van der Waals surface area contributed by atoms with Gasteiger partial charge in [0.25, 0.3) is 0 Å². The van der Waals surface area contributed by atoms with Crippen LogP contribution in [-0.4, -0.2) is 31.9 Å². The van der Waals surface area contributed by atoms with Crippen LogP contribution in [0.25, 0.3) is 16.9 Å². The van der Waals surface area contributed by atoms with Crippen molar-refractivity contribution in [2.75, 3.05) is 0 Å². The van der Waals surface area contributed by atoms with E-state index in [4.69, 9.17) is 0 Å². The second-order valence-electron chi connectivity index (χ2n) is 6.47. The predicted octanol–water partition coefficient (Wildman–Crippen LogP) is 2.75. The number of hydrogen-bond acceptors (Lipinski definition) is 3. The average molecular weight is 322 g/mol. The molecule has 0 aliphatic carbocycles. The summed E-state index contributed by atoms with van der Waals surface area (Å²) in [6.45, 7) is 0. The number of carbonyl (C=O) groups is 1. The first-order chi connectivity index (χ1) is 11.7. The van der Waals surface area contributed by atoms with Gasteiger partial charge in [-0.1, -0.05) is 12.1 Å². The molecule has 0 unspecified atom stereocenters. The van der Waals surface area contributed by atoms with Crippen molar-refractivity contribution in [1.29, 1.82) is 0 Å². The van der Waals surface area contributed by atoms with Gasteiger partial charge in [-0.3, -0.25) is 4.79 Å². The third-order valence-electron chi connectivity index (χ3n) is 5.20. The summed E-state index contributed by atoms with van der Waals surface area (Å²) in [5.74, 6) is -0.279. The van der Waals surface area contributed by atoms with Gasteiger partial charge in [0.05, 0.1) is 17.4 Å². The fourth-order valence-electron chi connectivity index (χ4n) is 4.08. The van der Waals surface area contributed by atoms with E-state index in [0.717, 1.165) is 48.1 Å². The Morgan fingerprint density at radius 1 is 1.25 bits per heavy atom. The van der Waals surface area contributed by atoms with E-state index in [1.165, 1.54) is 12.1 Å². The standard InChI is InChI=1S/C18H15FN4O/c19-12-3-1-2-11(6-12)15-8-18-20-9-14-16-5-4-13(22(16)10-24)7-17(14)23(18)21-15/h1-3,6,8-10,13,16H,4-5,7H2/t13-,16-/m1/s1. The van der Waals surface area contributed by atoms with E-state index in [1.54, 1.807) is 6.07 Å². The first kappa shape index (κ1) is 13.7. The van der Waals surface area contributed by atoms with Gasteiger partial charge in [0, 0.05) is 35.9 Å². The molecule has 3 aromatic rings. The highest BCUT2D eigenvalue weighted by Gasteiger charge is 2.40. The maximum atomic E-state index is 13.5. The van der Waals surface area contributed by atoms with Crippen LogP contribution in [0.4, 0.5) is 4.39 Å². The lowest BCUT2D eigenvalue weighted by Gasteiger charge is -2.33. The van der Waals surface area contributed by atoms with E-state index in [2.05, 4.69) is 10.1 Å². The molecule has 1 amide bonds. The molecule has 2 atom stereocenters. The fourth-order valence-corrected chi connectivity index (χ4v) is 4.08. The Morgan fingerprint density at radius 3 is 3.00 bits per heavy atom. The number of nitrogens with zero attached hydrogens (tertiary/aromatic N) is 4. The second-order valence-corrected chi connectivity index (χ2v) is 6.47. The van der Waals surface area contributed by atoms with Crippen molar-refractivity contribution >= 4 is 12.1 Å². The molecule has 24 heavy (non-hydrogen) atoms. The van der Waals surface area contributed by atoms with Gasteiger partial charge in [-0.05, 0) is 25.0 Å². The maximum Gasteiger partial charge on any atom is 0.210 e. The number of benzene rings is 1. The van der Waals surface area contributed by atoms with Gasteiger partial charge >= 0.3 is 0 Å². The van der Waals surface area contributed by atoms with E-state index < -0.39 is 0 Å². The molecule has 0 radical (unpaired) electrons. The van der Waals surface area contributed by atoms with Gasteiger partial charge in [-0.2, -0.15) is 5.10 Å². The highest BCUT2D eigenvalue weighted by Crippen LogP contribution is 2.42. The molecular weight excluding hydrogens is 307 g/mol. The Bertz CT molecular complexity index is 967. The molecule has 6 heteroatoms. The Kier molecular flexibility index (Phi) is 2.77. The van der Waals surface area contributed by atoms with Gasteiger partial charge in [-0.25, -0.2) is 13.9 Å². The normalized spacial score (nSPS) is 22.0. The smallest absolute Gasteiger partial charge is 0.210 e. The number of fused-ring (bicyclic) bond motifs is 6. The molecule has 2 aromatic heterocycles. The molecule has 2 aliphatic rings. The summed E-state index contributed by atoms with van der Waals surface area (Å²) in [5.41, 5.74) is 4.40. The molecular formula is C18H15FN4O. The number of rotatable bonds is 2. The number of amides is 1. The summed E-state index contributed by atoms with van der Waals surface area (Å²) < 4.78 is 15.3. The van der Waals surface area contributed by atoms with Crippen LogP contribution in [-0.2, 0) is 11.2 Å². The van der Waals surface area contributed by atoms with Crippen LogP contribution in [0, 0.1) is 5.82 Å². The van der Waals surface area contributed by atoms with Crippen LogP contribution in [0.2, 0.25) is 0 Å². The van der Waals surface area contributed by atoms with Crippen molar-refractivity contribution in [2.24, 2.45) is 0 Å². The van der Waals surface area contributed by atoms with Crippen molar-refractivity contribution in [1.82, 2.24) is 19.5 Å². The van der Waals surface area contributed by atoms with E-state index >= 15 is 0 Å². The SMILES string of the molecule is O=CN1[C@@H]2CC[C@@H]1c1cnc3cc(-c4cccc(F)c4)nn3c1C2. The van der Waals surface area contributed by atoms with Gasteiger partial charge < -0.3 is 4.90 Å². The van der Waals surface area contributed by atoms with Crippen LogP contribution in [0.5, 0.6) is 0 Å². The molecule has 0 N–H and O–H groups in total. The largest absolute Gasteiger partial charge is 0.335 e. The van der Waals surface area contributed by atoms with E-state index in [1.807, 2.05) is 27.7 Å². The number of carbonyl (C=O) groups excluding carboxylic acids is 1. The molecule has 2 aliphatic heterocycles. The topological polar surface area (TPSA) is 50.5 Å². The van der Waals surface area contributed by atoms with Crippen LogP contribution in [0.15, 0.2) is 36.5 Å². The number of hydrogen-bond donors (Lipinski definition) is 0.